The molecule has 0 radical (unpaired) electrons. The molecule has 0 bridgehead atoms. The molecule has 0 unspecified atom stereocenters. The topological polar surface area (TPSA) is 12.0 Å². The highest BCUT2D eigenvalue weighted by Crippen LogP contribution is 2.12. The van der Waals surface area contributed by atoms with Crippen molar-refractivity contribution in [2.24, 2.45) is 0 Å². The molecular formula is C17H21N. The van der Waals surface area contributed by atoms with Gasteiger partial charge in [0.15, 0.2) is 0 Å². The molecule has 2 rings (SSSR count). The molecule has 2 aromatic carbocycles. The van der Waals surface area contributed by atoms with Gasteiger partial charge in [-0.3, -0.25) is 0 Å². The van der Waals surface area contributed by atoms with Gasteiger partial charge in [0.25, 0.3) is 0 Å². The zero-order valence-corrected chi connectivity index (χ0v) is 11.0. The summed E-state index contributed by atoms with van der Waals surface area (Å²) < 4.78 is 0. The first-order valence-electron chi connectivity index (χ1n) is 6.75. The van der Waals surface area contributed by atoms with Crippen molar-refractivity contribution in [1.29, 1.82) is 0 Å². The third-order valence-electron chi connectivity index (χ3n) is 3.05. The second-order valence-electron chi connectivity index (χ2n) is 4.61. The van der Waals surface area contributed by atoms with Crippen LogP contribution in [-0.4, -0.2) is 6.54 Å². The summed E-state index contributed by atoms with van der Waals surface area (Å²) in [6.45, 7) is 3.20. The molecule has 0 saturated carbocycles. The van der Waals surface area contributed by atoms with E-state index in [0.717, 1.165) is 19.4 Å². The highest BCUT2D eigenvalue weighted by molar-refractivity contribution is 5.45. The molecule has 0 heterocycles. The third-order valence-corrected chi connectivity index (χ3v) is 3.05. The van der Waals surface area contributed by atoms with Crippen molar-refractivity contribution in [3.63, 3.8) is 0 Å². The Morgan fingerprint density at radius 2 is 1.61 bits per heavy atom. The number of hydrogen-bond donors (Lipinski definition) is 1. The second kappa shape index (κ2) is 6.85. The van der Waals surface area contributed by atoms with E-state index in [-0.39, 0.29) is 0 Å². The van der Waals surface area contributed by atoms with Gasteiger partial charge >= 0.3 is 0 Å². The van der Waals surface area contributed by atoms with E-state index < -0.39 is 0 Å². The summed E-state index contributed by atoms with van der Waals surface area (Å²) in [5.74, 6) is 0. The van der Waals surface area contributed by atoms with Crippen LogP contribution < -0.4 is 5.32 Å². The predicted molar refractivity (Wildman–Crippen MR) is 79.1 cm³/mol. The van der Waals surface area contributed by atoms with Crippen molar-refractivity contribution in [1.82, 2.24) is 0 Å². The van der Waals surface area contributed by atoms with Crippen LogP contribution in [0.3, 0.4) is 0 Å². The maximum Gasteiger partial charge on any atom is 0.0343 e. The molecule has 2 aromatic rings. The highest BCUT2D eigenvalue weighted by atomic mass is 14.9. The summed E-state index contributed by atoms with van der Waals surface area (Å²) in [7, 11) is 0. The fourth-order valence-electron chi connectivity index (χ4n) is 2.12. The van der Waals surface area contributed by atoms with Crippen molar-refractivity contribution >= 4 is 5.69 Å². The van der Waals surface area contributed by atoms with Crippen LogP contribution in [0.25, 0.3) is 0 Å². The minimum Gasteiger partial charge on any atom is -0.385 e. The summed E-state index contributed by atoms with van der Waals surface area (Å²) in [6.07, 6.45) is 3.43. The van der Waals surface area contributed by atoms with E-state index in [2.05, 4.69) is 66.8 Å². The largest absolute Gasteiger partial charge is 0.385 e. The van der Waals surface area contributed by atoms with Gasteiger partial charge in [-0.2, -0.15) is 0 Å². The zero-order valence-electron chi connectivity index (χ0n) is 11.0. The van der Waals surface area contributed by atoms with Crippen molar-refractivity contribution < 1.29 is 0 Å². The zero-order chi connectivity index (χ0) is 12.6. The first-order valence-corrected chi connectivity index (χ1v) is 6.75. The lowest BCUT2D eigenvalue weighted by molar-refractivity contribution is 0.921. The smallest absolute Gasteiger partial charge is 0.0343 e. The van der Waals surface area contributed by atoms with E-state index in [4.69, 9.17) is 0 Å². The van der Waals surface area contributed by atoms with Crippen LogP contribution >= 0.6 is 0 Å². The first kappa shape index (κ1) is 12.7. The van der Waals surface area contributed by atoms with E-state index in [1.165, 1.54) is 23.2 Å². The lowest BCUT2D eigenvalue weighted by atomic mass is 10.1. The Kier molecular flexibility index (Phi) is 4.83. The molecule has 0 aliphatic carbocycles. The van der Waals surface area contributed by atoms with Gasteiger partial charge in [0.2, 0.25) is 0 Å². The van der Waals surface area contributed by atoms with Crippen LogP contribution in [0.4, 0.5) is 5.69 Å². The summed E-state index contributed by atoms with van der Waals surface area (Å²) in [5, 5.41) is 3.49. The maximum atomic E-state index is 3.49. The van der Waals surface area contributed by atoms with E-state index in [1.807, 2.05) is 0 Å². The number of aryl methyl sites for hydroxylation is 1. The van der Waals surface area contributed by atoms with Crippen LogP contribution in [0.1, 0.15) is 24.5 Å². The van der Waals surface area contributed by atoms with E-state index in [1.54, 1.807) is 0 Å². The molecule has 1 N–H and O–H groups in total. The quantitative estimate of drug-likeness (QED) is 0.792. The van der Waals surface area contributed by atoms with Gasteiger partial charge in [-0.05, 0) is 36.1 Å². The minimum atomic E-state index is 0.986. The first-order chi connectivity index (χ1) is 8.88. The highest BCUT2D eigenvalue weighted by Gasteiger charge is 1.95. The lowest BCUT2D eigenvalue weighted by Crippen LogP contribution is -2.04. The van der Waals surface area contributed by atoms with Crippen LogP contribution in [-0.2, 0) is 12.8 Å². The summed E-state index contributed by atoms with van der Waals surface area (Å²) in [4.78, 5) is 0. The SMILES string of the molecule is CCCc1cccc(NCCc2ccccc2)c1. The Balaban J connectivity index is 1.84. The van der Waals surface area contributed by atoms with Crippen LogP contribution in [0, 0.1) is 0 Å². The summed E-state index contributed by atoms with van der Waals surface area (Å²) in [6, 6.07) is 19.3. The van der Waals surface area contributed by atoms with Crippen molar-refractivity contribution in [3.05, 3.63) is 65.7 Å². The number of anilines is 1. The normalized spacial score (nSPS) is 10.3. The molecule has 94 valence electrons. The average molecular weight is 239 g/mol. The molecule has 0 aliphatic heterocycles. The fraction of sp³-hybridized carbons (Fsp3) is 0.294. The Morgan fingerprint density at radius 1 is 0.833 bits per heavy atom. The Bertz CT molecular complexity index is 462. The summed E-state index contributed by atoms with van der Waals surface area (Å²) in [5.41, 5.74) is 4.04. The standard InChI is InChI=1S/C17H21N/c1-2-7-16-10-6-11-17(14-16)18-13-12-15-8-4-3-5-9-15/h3-6,8-11,14,18H,2,7,12-13H2,1H3. The van der Waals surface area contributed by atoms with Gasteiger partial charge in [0.05, 0.1) is 0 Å². The lowest BCUT2D eigenvalue weighted by Gasteiger charge is -2.08. The number of rotatable bonds is 6. The van der Waals surface area contributed by atoms with Crippen molar-refractivity contribution in [2.45, 2.75) is 26.2 Å². The van der Waals surface area contributed by atoms with Crippen molar-refractivity contribution in [2.75, 3.05) is 11.9 Å². The Morgan fingerprint density at radius 3 is 2.39 bits per heavy atom. The second-order valence-corrected chi connectivity index (χ2v) is 4.61. The number of nitrogens with one attached hydrogen (secondary N) is 1. The molecule has 1 heteroatoms. The molecule has 18 heavy (non-hydrogen) atoms. The number of hydrogen-bond acceptors (Lipinski definition) is 1. The van der Waals surface area contributed by atoms with E-state index >= 15 is 0 Å². The molecule has 0 fully saturated rings. The van der Waals surface area contributed by atoms with E-state index in [0.29, 0.717) is 0 Å². The monoisotopic (exact) mass is 239 g/mol. The third kappa shape index (κ3) is 3.92. The minimum absolute atomic E-state index is 0.986. The predicted octanol–water partition coefficient (Wildman–Crippen LogP) is 4.29. The molecule has 0 aromatic heterocycles. The van der Waals surface area contributed by atoms with Gasteiger partial charge in [-0.15, -0.1) is 0 Å². The molecule has 0 spiro atoms. The van der Waals surface area contributed by atoms with Gasteiger partial charge < -0.3 is 5.32 Å². The van der Waals surface area contributed by atoms with Gasteiger partial charge in [0, 0.05) is 12.2 Å². The maximum absolute atomic E-state index is 3.49. The summed E-state index contributed by atoms with van der Waals surface area (Å²) >= 11 is 0. The Hall–Kier alpha value is -1.76. The number of benzene rings is 2. The van der Waals surface area contributed by atoms with Crippen LogP contribution in [0.5, 0.6) is 0 Å². The van der Waals surface area contributed by atoms with Gasteiger partial charge in [-0.25, -0.2) is 0 Å². The molecule has 1 nitrogen and oxygen atoms in total. The van der Waals surface area contributed by atoms with Crippen LogP contribution in [0.15, 0.2) is 54.6 Å². The van der Waals surface area contributed by atoms with E-state index in [9.17, 15) is 0 Å². The van der Waals surface area contributed by atoms with Gasteiger partial charge in [-0.1, -0.05) is 55.8 Å². The molecule has 0 amide bonds. The average Bonchev–Trinajstić information content (AvgIpc) is 2.41. The van der Waals surface area contributed by atoms with Crippen LogP contribution in [0.2, 0.25) is 0 Å². The molecule has 0 atom stereocenters. The Labute approximate surface area is 110 Å². The molecule has 0 aliphatic rings. The molecule has 0 saturated heterocycles. The fourth-order valence-corrected chi connectivity index (χ4v) is 2.12. The van der Waals surface area contributed by atoms with Crippen molar-refractivity contribution in [3.8, 4) is 0 Å². The molecular weight excluding hydrogens is 218 g/mol. The van der Waals surface area contributed by atoms with Gasteiger partial charge in [0.1, 0.15) is 0 Å².